The summed E-state index contributed by atoms with van der Waals surface area (Å²) < 4.78 is 5.39. The zero-order valence-electron chi connectivity index (χ0n) is 20.7. The number of imide groups is 1. The van der Waals surface area contributed by atoms with Gasteiger partial charge in [0.05, 0.1) is 12.5 Å². The highest BCUT2D eigenvalue weighted by molar-refractivity contribution is 7.09. The van der Waals surface area contributed by atoms with E-state index < -0.39 is 5.41 Å². The van der Waals surface area contributed by atoms with Gasteiger partial charge in [-0.15, -0.1) is 11.3 Å². The number of thiophene rings is 1. The van der Waals surface area contributed by atoms with Crippen LogP contribution in [0.4, 0.5) is 0 Å². The van der Waals surface area contributed by atoms with Crippen LogP contribution in [0.1, 0.15) is 23.3 Å². The van der Waals surface area contributed by atoms with Crippen LogP contribution in [0.3, 0.4) is 0 Å². The first-order valence-corrected chi connectivity index (χ1v) is 12.9. The molecule has 0 unspecified atom stereocenters. The molecule has 188 valence electrons. The van der Waals surface area contributed by atoms with E-state index in [0.717, 1.165) is 19.6 Å². The normalized spacial score (nSPS) is 21.3. The second-order valence-electron chi connectivity index (χ2n) is 9.56. The van der Waals surface area contributed by atoms with E-state index in [1.807, 2.05) is 36.0 Å². The number of hydrogen-bond donors (Lipinski definition) is 0. The maximum atomic E-state index is 13.8. The number of amides is 3. The minimum absolute atomic E-state index is 0.00346. The molecule has 8 nitrogen and oxygen atoms in total. The van der Waals surface area contributed by atoms with Crippen LogP contribution in [-0.4, -0.2) is 97.8 Å². The molecule has 0 saturated carbocycles. The van der Waals surface area contributed by atoms with E-state index in [9.17, 15) is 14.4 Å². The van der Waals surface area contributed by atoms with Gasteiger partial charge in [0.2, 0.25) is 17.7 Å². The summed E-state index contributed by atoms with van der Waals surface area (Å²) in [5, 5.41) is 2.08. The molecular formula is C26H34N4O4S. The average Bonchev–Trinajstić information content (AvgIpc) is 3.44. The van der Waals surface area contributed by atoms with Crippen LogP contribution >= 0.6 is 11.3 Å². The summed E-state index contributed by atoms with van der Waals surface area (Å²) in [6.45, 7) is 4.59. The highest BCUT2D eigenvalue weighted by atomic mass is 32.1. The number of carbonyl (C=O) groups excluding carboxylic acids is 3. The van der Waals surface area contributed by atoms with Crippen LogP contribution in [0.5, 0.6) is 5.75 Å². The second-order valence-corrected chi connectivity index (χ2v) is 10.6. The largest absolute Gasteiger partial charge is 0.497 e. The van der Waals surface area contributed by atoms with Gasteiger partial charge in [-0.2, -0.15) is 0 Å². The number of methoxy groups -OCH3 is 1. The summed E-state index contributed by atoms with van der Waals surface area (Å²) >= 11 is 1.74. The number of ether oxygens (including phenoxy) is 1. The number of rotatable bonds is 9. The first kappa shape index (κ1) is 25.3. The van der Waals surface area contributed by atoms with E-state index in [4.69, 9.17) is 4.74 Å². The van der Waals surface area contributed by atoms with Crippen LogP contribution in [0.2, 0.25) is 0 Å². The zero-order chi connectivity index (χ0) is 25.0. The van der Waals surface area contributed by atoms with E-state index in [1.54, 1.807) is 30.6 Å². The third-order valence-electron chi connectivity index (χ3n) is 6.94. The van der Waals surface area contributed by atoms with Gasteiger partial charge in [-0.25, -0.2) is 0 Å². The Morgan fingerprint density at radius 3 is 2.54 bits per heavy atom. The van der Waals surface area contributed by atoms with Crippen molar-refractivity contribution in [1.82, 2.24) is 19.6 Å². The summed E-state index contributed by atoms with van der Waals surface area (Å²) in [4.78, 5) is 49.1. The van der Waals surface area contributed by atoms with Crippen molar-refractivity contribution in [3.63, 3.8) is 0 Å². The molecule has 2 aliphatic heterocycles. The van der Waals surface area contributed by atoms with Gasteiger partial charge >= 0.3 is 0 Å². The van der Waals surface area contributed by atoms with E-state index in [-0.39, 0.29) is 30.6 Å². The summed E-state index contributed by atoms with van der Waals surface area (Å²) in [5.41, 5.74) is -0.546. The first-order chi connectivity index (χ1) is 16.8. The topological polar surface area (TPSA) is 73.4 Å². The van der Waals surface area contributed by atoms with Crippen LogP contribution in [0.15, 0.2) is 41.8 Å². The molecule has 1 atom stereocenters. The number of benzene rings is 1. The average molecular weight is 499 g/mol. The van der Waals surface area contributed by atoms with Crippen molar-refractivity contribution >= 4 is 29.1 Å². The number of carbonyl (C=O) groups is 3. The predicted molar refractivity (Wildman–Crippen MR) is 135 cm³/mol. The molecule has 1 aromatic heterocycles. The molecule has 3 heterocycles. The minimum atomic E-state index is -1.21. The zero-order valence-corrected chi connectivity index (χ0v) is 21.6. The van der Waals surface area contributed by atoms with Gasteiger partial charge in [0.25, 0.3) is 0 Å². The van der Waals surface area contributed by atoms with Crippen molar-refractivity contribution in [2.24, 2.45) is 0 Å². The fraction of sp³-hybridized carbons (Fsp3) is 0.500. The minimum Gasteiger partial charge on any atom is -0.497 e. The molecule has 2 aliphatic rings. The van der Waals surface area contributed by atoms with Crippen molar-refractivity contribution in [2.75, 3.05) is 60.5 Å². The van der Waals surface area contributed by atoms with E-state index in [0.29, 0.717) is 37.5 Å². The van der Waals surface area contributed by atoms with Crippen molar-refractivity contribution in [3.8, 4) is 5.75 Å². The SMILES string of the molecule is COc1cccc([C@]2(CC(=O)N3CCN(Cc4cccs4)CC3)CC(=O)N(CCN(C)C)C2=O)c1. The lowest BCUT2D eigenvalue weighted by molar-refractivity contribution is -0.143. The Balaban J connectivity index is 1.52. The standard InChI is InChI=1S/C26H34N4O4S/c1-27(2)9-14-30-24(32)18-26(25(30)33,20-6-4-7-21(16-20)34-3)17-23(31)29-12-10-28(11-13-29)19-22-8-5-15-35-22/h4-8,15-16H,9-14,17-19H2,1-3H3/t26-/m0/s1. The van der Waals surface area contributed by atoms with Crippen molar-refractivity contribution < 1.29 is 19.1 Å². The molecular weight excluding hydrogens is 464 g/mol. The van der Waals surface area contributed by atoms with Crippen molar-refractivity contribution in [1.29, 1.82) is 0 Å². The maximum Gasteiger partial charge on any atom is 0.240 e. The molecule has 0 radical (unpaired) electrons. The molecule has 2 aromatic rings. The van der Waals surface area contributed by atoms with Crippen molar-refractivity contribution in [3.05, 3.63) is 52.2 Å². The van der Waals surface area contributed by atoms with Gasteiger partial charge in [0, 0.05) is 63.5 Å². The summed E-state index contributed by atoms with van der Waals surface area (Å²) in [5.74, 6) is -0.00164. The molecule has 35 heavy (non-hydrogen) atoms. The molecule has 0 N–H and O–H groups in total. The summed E-state index contributed by atoms with van der Waals surface area (Å²) in [6, 6.07) is 11.4. The fourth-order valence-corrected chi connectivity index (χ4v) is 5.61. The first-order valence-electron chi connectivity index (χ1n) is 12.0. The smallest absolute Gasteiger partial charge is 0.240 e. The van der Waals surface area contributed by atoms with Gasteiger partial charge in [-0.05, 0) is 43.2 Å². The number of likely N-dealkylation sites (N-methyl/N-ethyl adjacent to an activating group) is 1. The quantitative estimate of drug-likeness (QED) is 0.493. The Labute approximate surface area is 211 Å². The van der Waals surface area contributed by atoms with Gasteiger partial charge in [-0.1, -0.05) is 18.2 Å². The van der Waals surface area contributed by atoms with E-state index >= 15 is 0 Å². The Morgan fingerprint density at radius 2 is 1.89 bits per heavy atom. The monoisotopic (exact) mass is 498 g/mol. The Bertz CT molecular complexity index is 1050. The van der Waals surface area contributed by atoms with Gasteiger partial charge in [-0.3, -0.25) is 24.2 Å². The van der Waals surface area contributed by atoms with Gasteiger partial charge in [0.1, 0.15) is 5.75 Å². The predicted octanol–water partition coefficient (Wildman–Crippen LogP) is 2.05. The fourth-order valence-electron chi connectivity index (χ4n) is 4.86. The molecule has 0 aliphatic carbocycles. The lowest BCUT2D eigenvalue weighted by Crippen LogP contribution is -2.50. The third kappa shape index (κ3) is 5.58. The highest BCUT2D eigenvalue weighted by Gasteiger charge is 2.54. The molecule has 0 spiro atoms. The highest BCUT2D eigenvalue weighted by Crippen LogP contribution is 2.41. The van der Waals surface area contributed by atoms with Crippen molar-refractivity contribution in [2.45, 2.75) is 24.8 Å². The van der Waals surface area contributed by atoms with Crippen LogP contribution in [-0.2, 0) is 26.3 Å². The Hall–Kier alpha value is -2.75. The van der Waals surface area contributed by atoms with Crippen LogP contribution in [0, 0.1) is 0 Å². The van der Waals surface area contributed by atoms with E-state index in [1.165, 1.54) is 9.78 Å². The molecule has 3 amide bonds. The van der Waals surface area contributed by atoms with E-state index in [2.05, 4.69) is 22.4 Å². The second kappa shape index (κ2) is 10.9. The van der Waals surface area contributed by atoms with Crippen LogP contribution < -0.4 is 4.74 Å². The Kier molecular flexibility index (Phi) is 7.88. The number of piperazine rings is 1. The number of nitrogens with zero attached hydrogens (tertiary/aromatic N) is 4. The molecule has 4 rings (SSSR count). The summed E-state index contributed by atoms with van der Waals surface area (Å²) in [6.07, 6.45) is -0.0232. The molecule has 9 heteroatoms. The van der Waals surface area contributed by atoms with Gasteiger partial charge < -0.3 is 14.5 Å². The Morgan fingerprint density at radius 1 is 1.11 bits per heavy atom. The molecule has 2 fully saturated rings. The molecule has 1 aromatic carbocycles. The lowest BCUT2D eigenvalue weighted by atomic mass is 9.75. The number of hydrogen-bond acceptors (Lipinski definition) is 7. The molecule has 2 saturated heterocycles. The summed E-state index contributed by atoms with van der Waals surface area (Å²) in [7, 11) is 5.38. The number of likely N-dealkylation sites (tertiary alicyclic amines) is 1. The van der Waals surface area contributed by atoms with Crippen LogP contribution in [0.25, 0.3) is 0 Å². The third-order valence-corrected chi connectivity index (χ3v) is 7.80. The van der Waals surface area contributed by atoms with Gasteiger partial charge in [0.15, 0.2) is 0 Å². The maximum absolute atomic E-state index is 13.8. The lowest BCUT2D eigenvalue weighted by Gasteiger charge is -2.36. The molecule has 0 bridgehead atoms.